The van der Waals surface area contributed by atoms with E-state index in [4.69, 9.17) is 14.2 Å². The van der Waals surface area contributed by atoms with E-state index >= 15 is 0 Å². The molecule has 2 aliphatic heterocycles. The van der Waals surface area contributed by atoms with Gasteiger partial charge >= 0.3 is 6.61 Å². The molecule has 3 rings (SSSR count). The average molecular weight is 525 g/mol. The molecule has 0 radical (unpaired) electrons. The zero-order valence-electron chi connectivity index (χ0n) is 16.2. The summed E-state index contributed by atoms with van der Waals surface area (Å²) >= 11 is 0. The van der Waals surface area contributed by atoms with E-state index in [1.807, 2.05) is 6.92 Å². The second-order valence-electron chi connectivity index (χ2n) is 6.25. The van der Waals surface area contributed by atoms with Crippen LogP contribution < -0.4 is 24.8 Å². The van der Waals surface area contributed by atoms with E-state index in [0.717, 1.165) is 26.0 Å². The van der Waals surface area contributed by atoms with Gasteiger partial charge in [0, 0.05) is 24.7 Å². The number of guanidine groups is 1. The predicted octanol–water partition coefficient (Wildman–Crippen LogP) is 3.43. The van der Waals surface area contributed by atoms with E-state index in [1.165, 1.54) is 11.6 Å². The average Bonchev–Trinajstić information content (AvgIpc) is 3.13. The van der Waals surface area contributed by atoms with Gasteiger partial charge in [-0.25, -0.2) is 4.99 Å². The van der Waals surface area contributed by atoms with E-state index in [2.05, 4.69) is 26.4 Å². The molecule has 0 amide bonds. The van der Waals surface area contributed by atoms with Gasteiger partial charge in [0.1, 0.15) is 5.75 Å². The summed E-state index contributed by atoms with van der Waals surface area (Å²) in [5.74, 6) is 1.52. The monoisotopic (exact) mass is 525 g/mol. The van der Waals surface area contributed by atoms with Crippen molar-refractivity contribution in [2.24, 2.45) is 4.99 Å². The number of nitrogens with zero attached hydrogens (tertiary/aromatic N) is 1. The first-order chi connectivity index (χ1) is 13.7. The van der Waals surface area contributed by atoms with Crippen LogP contribution in [0.15, 0.2) is 28.8 Å². The van der Waals surface area contributed by atoms with Crippen molar-refractivity contribution in [1.82, 2.24) is 10.6 Å². The number of ether oxygens (including phenoxy) is 4. The maximum absolute atomic E-state index is 12.7. The zero-order valence-corrected chi connectivity index (χ0v) is 18.5. The van der Waals surface area contributed by atoms with Gasteiger partial charge in [0.05, 0.1) is 19.8 Å². The molecule has 2 aliphatic rings. The summed E-state index contributed by atoms with van der Waals surface area (Å²) in [5.41, 5.74) is 1.85. The summed E-state index contributed by atoms with van der Waals surface area (Å²) < 4.78 is 46.0. The van der Waals surface area contributed by atoms with Crippen molar-refractivity contribution in [3.8, 4) is 17.2 Å². The highest BCUT2D eigenvalue weighted by Gasteiger charge is 2.20. The molecule has 0 aliphatic carbocycles. The molecule has 1 aromatic rings. The van der Waals surface area contributed by atoms with E-state index in [-0.39, 0.29) is 43.1 Å². The Morgan fingerprint density at radius 2 is 2.03 bits per heavy atom. The first-order valence-corrected chi connectivity index (χ1v) is 9.31. The van der Waals surface area contributed by atoms with Crippen LogP contribution >= 0.6 is 24.0 Å². The topological polar surface area (TPSA) is 73.3 Å². The summed E-state index contributed by atoms with van der Waals surface area (Å²) in [5, 5.41) is 6.42. The largest absolute Gasteiger partial charge is 0.454 e. The summed E-state index contributed by atoms with van der Waals surface area (Å²) in [6, 6.07) is 3.04. The van der Waals surface area contributed by atoms with Gasteiger partial charge < -0.3 is 29.6 Å². The van der Waals surface area contributed by atoms with E-state index in [9.17, 15) is 8.78 Å². The number of nitrogens with one attached hydrogen (secondary N) is 2. The smallest absolute Gasteiger partial charge is 0.387 e. The van der Waals surface area contributed by atoms with Crippen molar-refractivity contribution in [2.45, 2.75) is 32.9 Å². The molecule has 10 heteroatoms. The lowest BCUT2D eigenvalue weighted by molar-refractivity contribution is -0.0505. The zero-order chi connectivity index (χ0) is 19.8. The number of aliphatic imine (C=N–C) groups is 1. The summed E-state index contributed by atoms with van der Waals surface area (Å²) in [6.45, 7) is 2.08. The Labute approximate surface area is 185 Å². The Morgan fingerprint density at radius 1 is 1.24 bits per heavy atom. The van der Waals surface area contributed by atoms with Crippen molar-refractivity contribution >= 4 is 29.9 Å². The highest BCUT2D eigenvalue weighted by molar-refractivity contribution is 14.0. The minimum atomic E-state index is -2.93. The van der Waals surface area contributed by atoms with Crippen LogP contribution in [0.25, 0.3) is 0 Å². The third-order valence-electron chi connectivity index (χ3n) is 4.32. The van der Waals surface area contributed by atoms with Crippen molar-refractivity contribution in [3.05, 3.63) is 29.3 Å². The number of alkyl halides is 2. The van der Waals surface area contributed by atoms with Gasteiger partial charge in [-0.05, 0) is 25.8 Å². The SMILES string of the molecule is CCNC(=NCc1cc2c(cc1OC(F)F)OCO2)NCCC1=CCOCC1.I. The normalized spacial score (nSPS) is 15.6. The van der Waals surface area contributed by atoms with Crippen LogP contribution in [0.3, 0.4) is 0 Å². The van der Waals surface area contributed by atoms with Crippen LogP contribution in [-0.2, 0) is 11.3 Å². The molecule has 2 heterocycles. The molecule has 2 N–H and O–H groups in total. The molecule has 7 nitrogen and oxygen atoms in total. The molecule has 0 saturated carbocycles. The lowest BCUT2D eigenvalue weighted by Crippen LogP contribution is -2.38. The number of rotatable bonds is 8. The van der Waals surface area contributed by atoms with E-state index in [1.54, 1.807) is 6.07 Å². The maximum Gasteiger partial charge on any atom is 0.387 e. The van der Waals surface area contributed by atoms with Crippen molar-refractivity contribution in [1.29, 1.82) is 0 Å². The number of hydrogen-bond donors (Lipinski definition) is 2. The Morgan fingerprint density at radius 3 is 2.72 bits per heavy atom. The Bertz CT molecular complexity index is 732. The number of hydrogen-bond acceptors (Lipinski definition) is 5. The quantitative estimate of drug-likeness (QED) is 0.235. The van der Waals surface area contributed by atoms with E-state index in [0.29, 0.717) is 36.2 Å². The van der Waals surface area contributed by atoms with Crippen molar-refractivity contribution in [2.75, 3.05) is 33.1 Å². The van der Waals surface area contributed by atoms with Crippen LogP contribution in [0.2, 0.25) is 0 Å². The molecule has 0 aromatic heterocycles. The minimum Gasteiger partial charge on any atom is -0.454 e. The Hall–Kier alpha value is -1.82. The Balaban J connectivity index is 0.00000300. The molecule has 0 saturated heterocycles. The molecular formula is C19H26F2IN3O4. The van der Waals surface area contributed by atoms with Gasteiger partial charge in [-0.15, -0.1) is 24.0 Å². The Kier molecular flexibility index (Phi) is 9.71. The van der Waals surface area contributed by atoms with Gasteiger partial charge in [-0.2, -0.15) is 8.78 Å². The third kappa shape index (κ3) is 7.18. The van der Waals surface area contributed by atoms with Gasteiger partial charge in [0.2, 0.25) is 6.79 Å². The molecular weight excluding hydrogens is 499 g/mol. The van der Waals surface area contributed by atoms with Crippen LogP contribution in [0.1, 0.15) is 25.3 Å². The predicted molar refractivity (Wildman–Crippen MR) is 116 cm³/mol. The summed E-state index contributed by atoms with van der Waals surface area (Å²) in [7, 11) is 0. The highest BCUT2D eigenvalue weighted by atomic mass is 127. The number of halogens is 3. The molecule has 0 bridgehead atoms. The lowest BCUT2D eigenvalue weighted by atomic mass is 10.1. The molecule has 1 aromatic carbocycles. The number of benzene rings is 1. The molecule has 0 fully saturated rings. The van der Waals surface area contributed by atoms with Gasteiger partial charge in [-0.1, -0.05) is 11.6 Å². The second kappa shape index (κ2) is 12.0. The summed E-state index contributed by atoms with van der Waals surface area (Å²) in [4.78, 5) is 4.49. The van der Waals surface area contributed by atoms with Crippen molar-refractivity contribution in [3.63, 3.8) is 0 Å². The van der Waals surface area contributed by atoms with Crippen LogP contribution in [0.4, 0.5) is 8.78 Å². The molecule has 0 atom stereocenters. The first-order valence-electron chi connectivity index (χ1n) is 9.31. The van der Waals surface area contributed by atoms with Gasteiger partial charge in [0.25, 0.3) is 0 Å². The highest BCUT2D eigenvalue weighted by Crippen LogP contribution is 2.39. The fraction of sp³-hybridized carbons (Fsp3) is 0.526. The molecule has 29 heavy (non-hydrogen) atoms. The molecule has 162 valence electrons. The maximum atomic E-state index is 12.7. The van der Waals surface area contributed by atoms with Crippen LogP contribution in [-0.4, -0.2) is 45.7 Å². The number of fused-ring (bicyclic) bond motifs is 1. The first kappa shape index (κ1) is 23.5. The van der Waals surface area contributed by atoms with Crippen LogP contribution in [0.5, 0.6) is 17.2 Å². The van der Waals surface area contributed by atoms with Gasteiger partial charge in [-0.3, -0.25) is 0 Å². The second-order valence-corrected chi connectivity index (χ2v) is 6.25. The van der Waals surface area contributed by atoms with Crippen LogP contribution in [0, 0.1) is 0 Å². The fourth-order valence-electron chi connectivity index (χ4n) is 2.93. The minimum absolute atomic E-state index is 0. The fourth-order valence-corrected chi connectivity index (χ4v) is 2.93. The molecule has 0 unspecified atom stereocenters. The standard InChI is InChI=1S/C19H25F2N3O4.HI/c1-2-22-19(23-6-3-13-4-7-25-8-5-13)24-11-14-9-16-17(27-12-26-16)10-15(14)28-18(20)21;/h4,9-10,18H,2-3,5-8,11-12H2,1H3,(H2,22,23,24);1H. The van der Waals surface area contributed by atoms with Crippen molar-refractivity contribution < 1.29 is 27.7 Å². The molecule has 0 spiro atoms. The third-order valence-corrected chi connectivity index (χ3v) is 4.32. The lowest BCUT2D eigenvalue weighted by Gasteiger charge is -2.16. The van der Waals surface area contributed by atoms with E-state index < -0.39 is 6.61 Å². The van der Waals surface area contributed by atoms with Gasteiger partial charge in [0.15, 0.2) is 17.5 Å². The summed E-state index contributed by atoms with van der Waals surface area (Å²) in [6.07, 6.45) is 3.95.